The van der Waals surface area contributed by atoms with Crippen LogP contribution in [0.4, 0.5) is 0 Å². The molecule has 0 saturated heterocycles. The Morgan fingerprint density at radius 1 is 1.20 bits per heavy atom. The Morgan fingerprint density at radius 2 is 2.00 bits per heavy atom. The van der Waals surface area contributed by atoms with E-state index in [4.69, 9.17) is 0 Å². The van der Waals surface area contributed by atoms with Crippen molar-refractivity contribution >= 4 is 6.08 Å². The standard InChI is InChI=1S/C14H13.Li/c1-2-7-13(8-3-1)11-6-12-14-9-4-5-10-14;/h1-4,6-9,11H,5,12H2;/q-1;+1. The zero-order chi connectivity index (χ0) is 9.64. The van der Waals surface area contributed by atoms with Gasteiger partial charge < -0.3 is 0 Å². The van der Waals surface area contributed by atoms with Gasteiger partial charge in [0.15, 0.2) is 0 Å². The molecule has 2 rings (SSSR count). The summed E-state index contributed by atoms with van der Waals surface area (Å²) >= 11 is 0. The monoisotopic (exact) mass is 188 g/mol. The molecule has 1 heteroatoms. The van der Waals surface area contributed by atoms with E-state index in [2.05, 4.69) is 54.6 Å². The smallest absolute Gasteiger partial charge is 0.269 e. The molecule has 0 nitrogen and oxygen atoms in total. The fourth-order valence-electron chi connectivity index (χ4n) is 1.48. The van der Waals surface area contributed by atoms with Crippen LogP contribution >= 0.6 is 0 Å². The summed E-state index contributed by atoms with van der Waals surface area (Å²) in [6.45, 7) is 0. The van der Waals surface area contributed by atoms with Gasteiger partial charge in [0, 0.05) is 0 Å². The fourth-order valence-corrected chi connectivity index (χ4v) is 1.48. The van der Waals surface area contributed by atoms with Gasteiger partial charge in [0.2, 0.25) is 0 Å². The van der Waals surface area contributed by atoms with Crippen molar-refractivity contribution in [1.82, 2.24) is 0 Å². The topological polar surface area (TPSA) is 0 Å². The molecule has 0 aliphatic heterocycles. The van der Waals surface area contributed by atoms with Gasteiger partial charge in [-0.3, -0.25) is 6.08 Å². The Hall–Kier alpha value is -0.963. The number of allylic oxidation sites excluding steroid dienone is 5. The van der Waals surface area contributed by atoms with Crippen molar-refractivity contribution in [2.45, 2.75) is 12.8 Å². The molecule has 0 N–H and O–H groups in total. The van der Waals surface area contributed by atoms with Crippen LogP contribution in [-0.2, 0) is 0 Å². The van der Waals surface area contributed by atoms with Crippen molar-refractivity contribution in [1.29, 1.82) is 0 Å². The summed E-state index contributed by atoms with van der Waals surface area (Å²) in [5, 5.41) is 0. The second-order valence-corrected chi connectivity index (χ2v) is 3.33. The molecular weight excluding hydrogens is 175 g/mol. The molecule has 0 aromatic heterocycles. The van der Waals surface area contributed by atoms with E-state index < -0.39 is 0 Å². The van der Waals surface area contributed by atoms with E-state index in [9.17, 15) is 0 Å². The molecule has 0 heterocycles. The van der Waals surface area contributed by atoms with Gasteiger partial charge in [-0.2, -0.15) is 6.08 Å². The van der Waals surface area contributed by atoms with Crippen LogP contribution < -0.4 is 18.9 Å². The zero-order valence-electron chi connectivity index (χ0n) is 9.11. The molecule has 15 heavy (non-hydrogen) atoms. The Kier molecular flexibility index (Phi) is 5.25. The summed E-state index contributed by atoms with van der Waals surface area (Å²) in [4.78, 5) is 0. The molecule has 0 fully saturated rings. The largest absolute Gasteiger partial charge is 1.00 e. The fraction of sp³-hybridized carbons (Fsp3) is 0.143. The third-order valence-corrected chi connectivity index (χ3v) is 2.21. The van der Waals surface area contributed by atoms with E-state index in [1.807, 2.05) is 6.07 Å². The van der Waals surface area contributed by atoms with Crippen LogP contribution in [0.1, 0.15) is 18.4 Å². The van der Waals surface area contributed by atoms with Crippen molar-refractivity contribution in [3.05, 3.63) is 65.8 Å². The van der Waals surface area contributed by atoms with Crippen molar-refractivity contribution in [2.24, 2.45) is 0 Å². The molecule has 1 aromatic carbocycles. The molecule has 0 atom stereocenters. The first-order valence-corrected chi connectivity index (χ1v) is 4.93. The van der Waals surface area contributed by atoms with E-state index >= 15 is 0 Å². The summed E-state index contributed by atoms with van der Waals surface area (Å²) in [6, 6.07) is 10.4. The first kappa shape index (κ1) is 12.1. The molecule has 70 valence electrons. The minimum absolute atomic E-state index is 0. The van der Waals surface area contributed by atoms with Gasteiger partial charge in [-0.15, -0.1) is 6.42 Å². The molecule has 0 radical (unpaired) electrons. The molecule has 1 aliphatic rings. The maximum absolute atomic E-state index is 3.30. The molecule has 0 unspecified atom stereocenters. The van der Waals surface area contributed by atoms with Crippen LogP contribution in [0, 0.1) is 6.08 Å². The molecule has 0 spiro atoms. The van der Waals surface area contributed by atoms with Crippen molar-refractivity contribution in [2.75, 3.05) is 0 Å². The quantitative estimate of drug-likeness (QED) is 0.486. The van der Waals surface area contributed by atoms with Crippen LogP contribution in [0.3, 0.4) is 0 Å². The van der Waals surface area contributed by atoms with Crippen LogP contribution in [0.2, 0.25) is 0 Å². The van der Waals surface area contributed by atoms with E-state index in [0.29, 0.717) is 0 Å². The van der Waals surface area contributed by atoms with E-state index in [1.54, 1.807) is 0 Å². The first-order chi connectivity index (χ1) is 6.95. The van der Waals surface area contributed by atoms with Crippen molar-refractivity contribution in [3.8, 4) is 0 Å². The van der Waals surface area contributed by atoms with E-state index in [-0.39, 0.29) is 18.9 Å². The third-order valence-electron chi connectivity index (χ3n) is 2.21. The van der Waals surface area contributed by atoms with Crippen molar-refractivity contribution in [3.63, 3.8) is 0 Å². The number of rotatable bonds is 3. The average molecular weight is 188 g/mol. The summed E-state index contributed by atoms with van der Waals surface area (Å²) < 4.78 is 0. The van der Waals surface area contributed by atoms with Crippen LogP contribution in [0.15, 0.2) is 54.1 Å². The van der Waals surface area contributed by atoms with Gasteiger partial charge in [0.05, 0.1) is 0 Å². The second-order valence-electron chi connectivity index (χ2n) is 3.33. The van der Waals surface area contributed by atoms with Gasteiger partial charge in [0.1, 0.15) is 0 Å². The molecule has 1 aliphatic carbocycles. The van der Waals surface area contributed by atoms with Crippen LogP contribution in [-0.4, -0.2) is 0 Å². The number of hydrogen-bond donors (Lipinski definition) is 0. The van der Waals surface area contributed by atoms with Gasteiger partial charge >= 0.3 is 18.9 Å². The summed E-state index contributed by atoms with van der Waals surface area (Å²) in [5.41, 5.74) is 2.56. The Bertz CT molecular complexity index is 372. The molecule has 0 saturated carbocycles. The Morgan fingerprint density at radius 3 is 2.67 bits per heavy atom. The van der Waals surface area contributed by atoms with Gasteiger partial charge in [0.25, 0.3) is 0 Å². The van der Waals surface area contributed by atoms with Gasteiger partial charge in [-0.25, -0.2) is 11.6 Å². The minimum atomic E-state index is 0. The zero-order valence-corrected chi connectivity index (χ0v) is 9.11. The van der Waals surface area contributed by atoms with E-state index in [0.717, 1.165) is 12.8 Å². The van der Waals surface area contributed by atoms with Crippen LogP contribution in [0.25, 0.3) is 6.08 Å². The molecule has 0 bridgehead atoms. The van der Waals surface area contributed by atoms with Crippen molar-refractivity contribution < 1.29 is 18.9 Å². The van der Waals surface area contributed by atoms with Gasteiger partial charge in [-0.1, -0.05) is 42.5 Å². The predicted octanol–water partition coefficient (Wildman–Crippen LogP) is 0.783. The molecule has 1 aromatic rings. The minimum Gasteiger partial charge on any atom is -0.269 e. The normalized spacial score (nSPS) is 14.0. The summed E-state index contributed by atoms with van der Waals surface area (Å²) in [7, 11) is 0. The summed E-state index contributed by atoms with van der Waals surface area (Å²) in [6.07, 6.45) is 13.9. The number of benzene rings is 1. The van der Waals surface area contributed by atoms with E-state index in [1.165, 1.54) is 11.1 Å². The Balaban J connectivity index is 0.00000112. The molecular formula is C14H13Li. The predicted molar refractivity (Wildman–Crippen MR) is 60.6 cm³/mol. The van der Waals surface area contributed by atoms with Crippen LogP contribution in [0.5, 0.6) is 0 Å². The average Bonchev–Trinajstić information content (AvgIpc) is 2.72. The SMILES string of the molecule is [C-]1=C(CC=Cc2ccccc2)C=CC1.[Li+]. The summed E-state index contributed by atoms with van der Waals surface area (Å²) in [5.74, 6) is 0. The third kappa shape index (κ3) is 3.96. The first-order valence-electron chi connectivity index (χ1n) is 4.93. The number of hydrogen-bond acceptors (Lipinski definition) is 0. The van der Waals surface area contributed by atoms with Gasteiger partial charge in [-0.05, 0) is 12.0 Å². The Labute approximate surface area is 104 Å². The maximum Gasteiger partial charge on any atom is 1.00 e. The molecule has 0 amide bonds. The maximum atomic E-state index is 3.30. The second kappa shape index (κ2) is 6.51.